The fraction of sp³-hybridized carbons (Fsp3) is 0.688. The summed E-state index contributed by atoms with van der Waals surface area (Å²) in [7, 11) is 0. The van der Waals surface area contributed by atoms with Crippen LogP contribution in [-0.2, 0) is 33.4 Å². The normalized spacial score (nSPS) is 27.5. The monoisotopic (exact) mass is 390 g/mol. The molecule has 0 aromatic carbocycles. The lowest BCUT2D eigenvalue weighted by Gasteiger charge is -2.45. The Labute approximate surface area is 153 Å². The van der Waals surface area contributed by atoms with E-state index in [9.17, 15) is 34.2 Å². The van der Waals surface area contributed by atoms with Gasteiger partial charge in [-0.1, -0.05) is 0 Å². The van der Waals surface area contributed by atoms with Crippen molar-refractivity contribution >= 4 is 29.8 Å². The first kappa shape index (κ1) is 22.4. The Hall–Kier alpha value is -2.69. The first-order valence-electron chi connectivity index (χ1n) is 8.17. The summed E-state index contributed by atoms with van der Waals surface area (Å²) in [5, 5.41) is 36.6. The molecule has 11 heteroatoms. The Morgan fingerprint density at radius 3 is 1.52 bits per heavy atom. The molecule has 152 valence electrons. The van der Waals surface area contributed by atoms with Crippen LogP contribution in [0.2, 0.25) is 0 Å². The van der Waals surface area contributed by atoms with Crippen LogP contribution in [0.15, 0.2) is 0 Å². The minimum absolute atomic E-state index is 0.390. The molecule has 11 nitrogen and oxygen atoms in total. The highest BCUT2D eigenvalue weighted by molar-refractivity contribution is 5.71. The van der Waals surface area contributed by atoms with Crippen molar-refractivity contribution in [1.29, 1.82) is 0 Å². The number of aliphatic carboxylic acids is 4. The van der Waals surface area contributed by atoms with Crippen LogP contribution in [0.25, 0.3) is 0 Å². The molecule has 0 aromatic heterocycles. The van der Waals surface area contributed by atoms with Crippen LogP contribution in [0.1, 0.15) is 32.6 Å². The van der Waals surface area contributed by atoms with Gasteiger partial charge < -0.3 is 29.9 Å². The Bertz CT molecular complexity index is 599. The smallest absolute Gasteiger partial charge is 0.305 e. The highest BCUT2D eigenvalue weighted by Gasteiger charge is 2.48. The van der Waals surface area contributed by atoms with E-state index in [-0.39, 0.29) is 6.61 Å². The van der Waals surface area contributed by atoms with Crippen molar-refractivity contribution in [1.82, 2.24) is 0 Å². The fourth-order valence-electron chi connectivity index (χ4n) is 3.50. The molecule has 1 rings (SSSR count). The average Bonchev–Trinajstić information content (AvgIpc) is 2.49. The summed E-state index contributed by atoms with van der Waals surface area (Å²) in [6.07, 6.45) is -4.50. The third-order valence-electron chi connectivity index (χ3n) is 4.46. The van der Waals surface area contributed by atoms with Gasteiger partial charge >= 0.3 is 29.8 Å². The van der Waals surface area contributed by atoms with Crippen molar-refractivity contribution < 1.29 is 53.9 Å². The second kappa shape index (κ2) is 9.86. The molecular formula is C16H22O11. The number of carboxylic acid groups (broad SMARTS) is 4. The number of carbonyl (C=O) groups excluding carboxylic acids is 1. The van der Waals surface area contributed by atoms with Gasteiger partial charge in [0.25, 0.3) is 0 Å². The minimum Gasteiger partial charge on any atom is -0.481 e. The molecule has 0 spiro atoms. The van der Waals surface area contributed by atoms with Gasteiger partial charge in [-0.05, 0) is 11.8 Å². The zero-order valence-electron chi connectivity index (χ0n) is 14.6. The van der Waals surface area contributed by atoms with Crippen molar-refractivity contribution in [2.75, 3.05) is 6.61 Å². The molecule has 5 unspecified atom stereocenters. The van der Waals surface area contributed by atoms with Crippen molar-refractivity contribution in [3.05, 3.63) is 0 Å². The molecular weight excluding hydrogens is 368 g/mol. The number of ether oxygens (including phenoxy) is 2. The molecule has 0 amide bonds. The maximum absolute atomic E-state index is 11.3. The van der Waals surface area contributed by atoms with Crippen LogP contribution in [0.5, 0.6) is 0 Å². The van der Waals surface area contributed by atoms with E-state index in [1.54, 1.807) is 0 Å². The highest BCUT2D eigenvalue weighted by atomic mass is 16.6. The molecule has 5 atom stereocenters. The van der Waals surface area contributed by atoms with Crippen LogP contribution >= 0.6 is 0 Å². The van der Waals surface area contributed by atoms with E-state index in [4.69, 9.17) is 19.7 Å². The maximum atomic E-state index is 11.3. The first-order valence-corrected chi connectivity index (χ1v) is 8.17. The number of carbonyl (C=O) groups is 5. The van der Waals surface area contributed by atoms with Gasteiger partial charge in [0.2, 0.25) is 0 Å². The van der Waals surface area contributed by atoms with E-state index >= 15 is 0 Å². The number of hydrogen-bond acceptors (Lipinski definition) is 7. The van der Waals surface area contributed by atoms with Crippen molar-refractivity contribution in [2.24, 2.45) is 17.8 Å². The van der Waals surface area contributed by atoms with Crippen LogP contribution in [0.4, 0.5) is 0 Å². The molecule has 4 N–H and O–H groups in total. The summed E-state index contributed by atoms with van der Waals surface area (Å²) in [6, 6.07) is 0. The van der Waals surface area contributed by atoms with E-state index in [0.29, 0.717) is 0 Å². The molecule has 0 aromatic rings. The third kappa shape index (κ3) is 7.21. The second-order valence-corrected chi connectivity index (χ2v) is 6.40. The molecule has 0 saturated carbocycles. The van der Waals surface area contributed by atoms with Gasteiger partial charge in [0, 0.05) is 19.3 Å². The van der Waals surface area contributed by atoms with E-state index < -0.39 is 85.5 Å². The largest absolute Gasteiger partial charge is 0.481 e. The van der Waals surface area contributed by atoms with Gasteiger partial charge in [-0.15, -0.1) is 0 Å². The molecule has 1 heterocycles. The zero-order chi connectivity index (χ0) is 20.7. The zero-order valence-corrected chi connectivity index (χ0v) is 14.6. The SMILES string of the molecule is CC(=O)OCC1OC(CC(=O)O)C(CC(=O)O)C(CC(=O)O)C1CC(=O)O. The molecule has 1 aliphatic heterocycles. The van der Waals surface area contributed by atoms with Gasteiger partial charge in [-0.3, -0.25) is 24.0 Å². The van der Waals surface area contributed by atoms with Gasteiger partial charge in [0.05, 0.1) is 31.5 Å². The number of rotatable bonds is 10. The predicted molar refractivity (Wildman–Crippen MR) is 84.8 cm³/mol. The number of esters is 1. The molecule has 1 aliphatic rings. The summed E-state index contributed by atoms with van der Waals surface area (Å²) in [6.45, 7) is 0.727. The Kier molecular flexibility index (Phi) is 8.16. The van der Waals surface area contributed by atoms with Crippen LogP contribution < -0.4 is 0 Å². The average molecular weight is 390 g/mol. The van der Waals surface area contributed by atoms with Gasteiger partial charge in [-0.25, -0.2) is 0 Å². The third-order valence-corrected chi connectivity index (χ3v) is 4.46. The summed E-state index contributed by atoms with van der Waals surface area (Å²) in [5.41, 5.74) is 0. The lowest BCUT2D eigenvalue weighted by molar-refractivity contribution is -0.191. The van der Waals surface area contributed by atoms with E-state index in [0.717, 1.165) is 6.92 Å². The van der Waals surface area contributed by atoms with Gasteiger partial charge in [-0.2, -0.15) is 0 Å². The standard InChI is InChI=1S/C16H22O11/c1-7(17)26-6-12-10(4-15(22)23)8(2-13(18)19)9(3-14(20)21)11(27-12)5-16(24)25/h8-12H,2-6H2,1H3,(H,18,19)(H,20,21)(H,22,23)(H,24,25). The van der Waals surface area contributed by atoms with Crippen LogP contribution in [0, 0.1) is 17.8 Å². The molecule has 1 fully saturated rings. The van der Waals surface area contributed by atoms with E-state index in [2.05, 4.69) is 0 Å². The topological polar surface area (TPSA) is 185 Å². The molecule has 0 radical (unpaired) electrons. The van der Waals surface area contributed by atoms with Crippen LogP contribution in [0.3, 0.4) is 0 Å². The first-order chi connectivity index (χ1) is 12.5. The second-order valence-electron chi connectivity index (χ2n) is 6.40. The van der Waals surface area contributed by atoms with Gasteiger partial charge in [0.15, 0.2) is 0 Å². The van der Waals surface area contributed by atoms with Crippen molar-refractivity contribution in [3.8, 4) is 0 Å². The summed E-state index contributed by atoms with van der Waals surface area (Å²) >= 11 is 0. The maximum Gasteiger partial charge on any atom is 0.305 e. The summed E-state index contributed by atoms with van der Waals surface area (Å²) in [5.74, 6) is -8.77. The molecule has 0 aliphatic carbocycles. The summed E-state index contributed by atoms with van der Waals surface area (Å²) < 4.78 is 10.5. The fourth-order valence-corrected chi connectivity index (χ4v) is 3.50. The molecule has 0 bridgehead atoms. The van der Waals surface area contributed by atoms with Crippen molar-refractivity contribution in [3.63, 3.8) is 0 Å². The quantitative estimate of drug-likeness (QED) is 0.370. The Morgan fingerprint density at radius 1 is 0.704 bits per heavy atom. The molecule has 1 saturated heterocycles. The van der Waals surface area contributed by atoms with E-state index in [1.165, 1.54) is 0 Å². The number of hydrogen-bond donors (Lipinski definition) is 4. The summed E-state index contributed by atoms with van der Waals surface area (Å²) in [4.78, 5) is 56.0. The van der Waals surface area contributed by atoms with E-state index in [1.807, 2.05) is 0 Å². The number of carboxylic acids is 4. The minimum atomic E-state index is -1.29. The lowest BCUT2D eigenvalue weighted by atomic mass is 9.69. The highest BCUT2D eigenvalue weighted by Crippen LogP contribution is 2.42. The van der Waals surface area contributed by atoms with Gasteiger partial charge in [0.1, 0.15) is 6.61 Å². The predicted octanol–water partition coefficient (Wildman–Crippen LogP) is 0.0643. The van der Waals surface area contributed by atoms with Crippen LogP contribution in [-0.4, -0.2) is 69.1 Å². The van der Waals surface area contributed by atoms with Crippen molar-refractivity contribution in [2.45, 2.75) is 44.8 Å². The lowest BCUT2D eigenvalue weighted by Crippen LogP contribution is -2.52. The molecule has 27 heavy (non-hydrogen) atoms. The Morgan fingerprint density at radius 2 is 1.11 bits per heavy atom. The Balaban J connectivity index is 3.29.